The summed E-state index contributed by atoms with van der Waals surface area (Å²) < 4.78 is 0. The number of anilines is 1. The number of rotatable bonds is 4. The first-order valence-corrected chi connectivity index (χ1v) is 5.54. The van der Waals surface area contributed by atoms with Gasteiger partial charge in [0.2, 0.25) is 5.91 Å². The lowest BCUT2D eigenvalue weighted by Gasteiger charge is -2.10. The van der Waals surface area contributed by atoms with Crippen molar-refractivity contribution in [3.8, 4) is 11.1 Å². The van der Waals surface area contributed by atoms with Crippen LogP contribution in [0.3, 0.4) is 0 Å². The predicted octanol–water partition coefficient (Wildman–Crippen LogP) is 3.06. The van der Waals surface area contributed by atoms with Crippen LogP contribution in [0.4, 0.5) is 5.69 Å². The number of nitrogens with zero attached hydrogens (tertiary/aromatic N) is 1. The van der Waals surface area contributed by atoms with Gasteiger partial charge in [-0.05, 0) is 11.6 Å². The molecule has 2 aromatic carbocycles. The minimum atomic E-state index is -0.409. The number of carbonyl (C=O) groups excluding carboxylic acids is 1. The molecule has 2 aromatic rings. The molecule has 0 aromatic heterocycles. The van der Waals surface area contributed by atoms with Gasteiger partial charge in [0.15, 0.2) is 6.54 Å². The zero-order valence-corrected chi connectivity index (χ0v) is 9.67. The van der Waals surface area contributed by atoms with Crippen molar-refractivity contribution < 1.29 is 4.79 Å². The van der Waals surface area contributed by atoms with Crippen LogP contribution in [0.1, 0.15) is 0 Å². The molecule has 18 heavy (non-hydrogen) atoms. The van der Waals surface area contributed by atoms with Crippen molar-refractivity contribution >= 4 is 11.6 Å². The second-order valence-electron chi connectivity index (χ2n) is 3.75. The minimum Gasteiger partial charge on any atom is -0.324 e. The molecule has 1 amide bonds. The highest BCUT2D eigenvalue weighted by atomic mass is 16.3. The average molecular weight is 240 g/mol. The van der Waals surface area contributed by atoms with E-state index in [1.54, 1.807) is 6.07 Å². The summed E-state index contributed by atoms with van der Waals surface area (Å²) in [6.45, 7) is -0.372. The van der Waals surface area contributed by atoms with E-state index in [0.717, 1.165) is 11.1 Å². The SMILES string of the molecule is O=NCC(=O)Nc1ccccc1-c1ccccc1. The summed E-state index contributed by atoms with van der Waals surface area (Å²) in [5, 5.41) is 5.25. The van der Waals surface area contributed by atoms with Gasteiger partial charge >= 0.3 is 0 Å². The highest BCUT2D eigenvalue weighted by molar-refractivity contribution is 5.96. The molecule has 0 aliphatic carbocycles. The predicted molar refractivity (Wildman–Crippen MR) is 71.2 cm³/mol. The minimum absolute atomic E-state index is 0.372. The quantitative estimate of drug-likeness (QED) is 0.835. The number of nitrogens with one attached hydrogen (secondary N) is 1. The van der Waals surface area contributed by atoms with Crippen LogP contribution < -0.4 is 5.32 Å². The molecule has 0 atom stereocenters. The van der Waals surface area contributed by atoms with Crippen molar-refractivity contribution in [1.29, 1.82) is 0 Å². The fraction of sp³-hybridized carbons (Fsp3) is 0.0714. The van der Waals surface area contributed by atoms with E-state index in [1.165, 1.54) is 0 Å². The first kappa shape index (κ1) is 12.0. The van der Waals surface area contributed by atoms with E-state index in [4.69, 9.17) is 0 Å². The molecule has 0 spiro atoms. The monoisotopic (exact) mass is 240 g/mol. The lowest BCUT2D eigenvalue weighted by Crippen LogP contribution is -2.14. The number of nitroso groups, excluding NO2 is 1. The molecule has 0 saturated heterocycles. The van der Waals surface area contributed by atoms with E-state index in [0.29, 0.717) is 5.69 Å². The smallest absolute Gasteiger partial charge is 0.249 e. The molecule has 0 bridgehead atoms. The molecule has 2 rings (SSSR count). The second kappa shape index (κ2) is 5.72. The summed E-state index contributed by atoms with van der Waals surface area (Å²) in [4.78, 5) is 21.4. The molecule has 0 fully saturated rings. The van der Waals surface area contributed by atoms with Crippen molar-refractivity contribution in [3.05, 3.63) is 59.5 Å². The third-order valence-corrected chi connectivity index (χ3v) is 2.49. The molecular formula is C14H12N2O2. The van der Waals surface area contributed by atoms with Gasteiger partial charge in [0, 0.05) is 11.3 Å². The Hall–Kier alpha value is -2.49. The maximum absolute atomic E-state index is 11.4. The van der Waals surface area contributed by atoms with Gasteiger partial charge in [-0.1, -0.05) is 53.7 Å². The lowest BCUT2D eigenvalue weighted by atomic mass is 10.0. The Morgan fingerprint density at radius 2 is 1.67 bits per heavy atom. The number of benzene rings is 2. The number of carbonyl (C=O) groups is 1. The summed E-state index contributed by atoms with van der Waals surface area (Å²) in [7, 11) is 0. The Morgan fingerprint density at radius 1 is 1.00 bits per heavy atom. The summed E-state index contributed by atoms with van der Waals surface area (Å²) in [5.74, 6) is -0.409. The number of hydrogen-bond acceptors (Lipinski definition) is 3. The maximum Gasteiger partial charge on any atom is 0.249 e. The van der Waals surface area contributed by atoms with Crippen LogP contribution in [0, 0.1) is 4.91 Å². The third-order valence-electron chi connectivity index (χ3n) is 2.49. The highest BCUT2D eigenvalue weighted by Crippen LogP contribution is 2.27. The topological polar surface area (TPSA) is 58.5 Å². The molecule has 0 radical (unpaired) electrons. The zero-order chi connectivity index (χ0) is 12.8. The molecular weight excluding hydrogens is 228 g/mol. The number of para-hydroxylation sites is 1. The Bertz CT molecular complexity index is 553. The van der Waals surface area contributed by atoms with Crippen LogP contribution in [0.5, 0.6) is 0 Å². The van der Waals surface area contributed by atoms with E-state index < -0.39 is 5.91 Å². The molecule has 0 heterocycles. The van der Waals surface area contributed by atoms with E-state index in [9.17, 15) is 9.70 Å². The van der Waals surface area contributed by atoms with Crippen molar-refractivity contribution in [3.63, 3.8) is 0 Å². The molecule has 0 unspecified atom stereocenters. The Labute approximate surface area is 105 Å². The van der Waals surface area contributed by atoms with Gasteiger partial charge in [-0.25, -0.2) is 0 Å². The Balaban J connectivity index is 2.32. The molecule has 0 aliphatic heterocycles. The van der Waals surface area contributed by atoms with Crippen molar-refractivity contribution in [2.45, 2.75) is 0 Å². The summed E-state index contributed by atoms with van der Waals surface area (Å²) >= 11 is 0. The normalized spacial score (nSPS) is 9.78. The molecule has 0 aliphatic rings. The van der Waals surface area contributed by atoms with Gasteiger partial charge in [-0.15, -0.1) is 0 Å². The number of hydrogen-bond donors (Lipinski definition) is 1. The highest BCUT2D eigenvalue weighted by Gasteiger charge is 2.07. The van der Waals surface area contributed by atoms with E-state index in [1.807, 2.05) is 48.5 Å². The molecule has 4 nitrogen and oxygen atoms in total. The van der Waals surface area contributed by atoms with Gasteiger partial charge in [0.25, 0.3) is 0 Å². The second-order valence-corrected chi connectivity index (χ2v) is 3.75. The average Bonchev–Trinajstić information content (AvgIpc) is 2.40. The van der Waals surface area contributed by atoms with Crippen LogP contribution >= 0.6 is 0 Å². The van der Waals surface area contributed by atoms with Crippen molar-refractivity contribution in [1.82, 2.24) is 0 Å². The largest absolute Gasteiger partial charge is 0.324 e. The van der Waals surface area contributed by atoms with Gasteiger partial charge in [-0.3, -0.25) is 4.79 Å². The van der Waals surface area contributed by atoms with Crippen LogP contribution in [0.2, 0.25) is 0 Å². The van der Waals surface area contributed by atoms with E-state index in [2.05, 4.69) is 10.5 Å². The summed E-state index contributed by atoms with van der Waals surface area (Å²) in [6.07, 6.45) is 0. The van der Waals surface area contributed by atoms with Crippen molar-refractivity contribution in [2.75, 3.05) is 11.9 Å². The standard InChI is InChI=1S/C14H12N2O2/c17-14(10-15-18)16-13-9-5-4-8-12(13)11-6-2-1-3-7-11/h1-9H,10H2,(H,16,17). The molecule has 90 valence electrons. The van der Waals surface area contributed by atoms with Gasteiger partial charge in [0.05, 0.1) is 0 Å². The van der Waals surface area contributed by atoms with Crippen LogP contribution in [0.15, 0.2) is 59.8 Å². The Kier molecular flexibility index (Phi) is 3.81. The molecule has 0 saturated carbocycles. The molecule has 4 heteroatoms. The van der Waals surface area contributed by atoms with Gasteiger partial charge in [-0.2, -0.15) is 4.91 Å². The molecule has 1 N–H and O–H groups in total. The first-order valence-electron chi connectivity index (χ1n) is 5.54. The number of amides is 1. The van der Waals surface area contributed by atoms with Crippen LogP contribution in [0.25, 0.3) is 11.1 Å². The maximum atomic E-state index is 11.4. The lowest BCUT2D eigenvalue weighted by molar-refractivity contribution is -0.114. The van der Waals surface area contributed by atoms with Crippen LogP contribution in [-0.2, 0) is 4.79 Å². The van der Waals surface area contributed by atoms with Crippen molar-refractivity contribution in [2.24, 2.45) is 5.18 Å². The summed E-state index contributed by atoms with van der Waals surface area (Å²) in [5.41, 5.74) is 2.60. The first-order chi connectivity index (χ1) is 8.81. The fourth-order valence-corrected chi connectivity index (χ4v) is 1.71. The zero-order valence-electron chi connectivity index (χ0n) is 9.67. The van der Waals surface area contributed by atoms with Gasteiger partial charge < -0.3 is 5.32 Å². The van der Waals surface area contributed by atoms with Gasteiger partial charge in [0.1, 0.15) is 0 Å². The Morgan fingerprint density at radius 3 is 2.39 bits per heavy atom. The fourth-order valence-electron chi connectivity index (χ4n) is 1.71. The third kappa shape index (κ3) is 2.79. The van der Waals surface area contributed by atoms with E-state index in [-0.39, 0.29) is 6.54 Å². The summed E-state index contributed by atoms with van der Waals surface area (Å²) in [6, 6.07) is 17.2. The van der Waals surface area contributed by atoms with E-state index >= 15 is 0 Å². The van der Waals surface area contributed by atoms with Crippen LogP contribution in [-0.4, -0.2) is 12.5 Å².